The molecule has 3 rings (SSSR count). The van der Waals surface area contributed by atoms with Gasteiger partial charge >= 0.3 is 0 Å². The Balaban J connectivity index is 1.64. The minimum absolute atomic E-state index is 0.0907. The summed E-state index contributed by atoms with van der Waals surface area (Å²) in [6, 6.07) is 7.60. The summed E-state index contributed by atoms with van der Waals surface area (Å²) in [6.07, 6.45) is 9.35. The van der Waals surface area contributed by atoms with Crippen LogP contribution in [0, 0.1) is 6.92 Å². The van der Waals surface area contributed by atoms with Gasteiger partial charge in [0.05, 0.1) is 17.4 Å². The predicted molar refractivity (Wildman–Crippen MR) is 95.5 cm³/mol. The van der Waals surface area contributed by atoms with Crippen molar-refractivity contribution in [3.05, 3.63) is 47.9 Å². The molecule has 3 heterocycles. The zero-order valence-electron chi connectivity index (χ0n) is 14.2. The monoisotopic (exact) mass is 324 g/mol. The van der Waals surface area contributed by atoms with Crippen LogP contribution in [-0.2, 0) is 0 Å². The molecule has 5 heteroatoms. The average molecular weight is 324 g/mol. The van der Waals surface area contributed by atoms with E-state index in [1.54, 1.807) is 12.4 Å². The van der Waals surface area contributed by atoms with E-state index in [9.17, 15) is 4.79 Å². The van der Waals surface area contributed by atoms with Crippen LogP contribution in [0.4, 0.5) is 11.5 Å². The van der Waals surface area contributed by atoms with E-state index in [0.29, 0.717) is 11.4 Å². The summed E-state index contributed by atoms with van der Waals surface area (Å²) in [5.41, 5.74) is 2.52. The summed E-state index contributed by atoms with van der Waals surface area (Å²) in [5.74, 6) is 0.804. The van der Waals surface area contributed by atoms with Crippen molar-refractivity contribution >= 4 is 17.4 Å². The molecule has 0 unspecified atom stereocenters. The molecule has 0 saturated carbocycles. The largest absolute Gasteiger partial charge is 0.339 e. The van der Waals surface area contributed by atoms with Crippen molar-refractivity contribution in [3.63, 3.8) is 0 Å². The third-order valence-corrected chi connectivity index (χ3v) is 4.34. The second-order valence-corrected chi connectivity index (χ2v) is 6.31. The maximum Gasteiger partial charge on any atom is 0.255 e. The number of aromatic nitrogens is 2. The molecule has 24 heavy (non-hydrogen) atoms. The molecule has 1 fully saturated rings. The summed E-state index contributed by atoms with van der Waals surface area (Å²) < 4.78 is 0. The summed E-state index contributed by atoms with van der Waals surface area (Å²) in [4.78, 5) is 23.2. The van der Waals surface area contributed by atoms with Crippen LogP contribution in [0.5, 0.6) is 0 Å². The van der Waals surface area contributed by atoms with Gasteiger partial charge in [-0.3, -0.25) is 9.78 Å². The highest BCUT2D eigenvalue weighted by Crippen LogP contribution is 2.16. The molecule has 126 valence electrons. The Labute approximate surface area is 143 Å². The van der Waals surface area contributed by atoms with E-state index in [1.165, 1.54) is 19.3 Å². The zero-order chi connectivity index (χ0) is 16.8. The normalized spacial score (nSPS) is 15.5. The van der Waals surface area contributed by atoms with Gasteiger partial charge in [0.15, 0.2) is 0 Å². The standard InChI is InChI=1S/C19H24N4O/c1-15-7-9-17(14-20-15)22-18-10-8-16(13-21-18)19(24)23-11-5-3-2-4-6-12-23/h7-10,13-14H,2-6,11-12H2,1H3,(H,21,22). The van der Waals surface area contributed by atoms with Gasteiger partial charge in [-0.15, -0.1) is 0 Å². The lowest BCUT2D eigenvalue weighted by Gasteiger charge is -2.24. The van der Waals surface area contributed by atoms with E-state index in [0.717, 1.165) is 37.3 Å². The minimum Gasteiger partial charge on any atom is -0.339 e. The van der Waals surface area contributed by atoms with E-state index in [-0.39, 0.29) is 5.91 Å². The van der Waals surface area contributed by atoms with Gasteiger partial charge in [0.25, 0.3) is 5.91 Å². The highest BCUT2D eigenvalue weighted by Gasteiger charge is 2.16. The zero-order valence-corrected chi connectivity index (χ0v) is 14.2. The Morgan fingerprint density at radius 3 is 2.33 bits per heavy atom. The number of hydrogen-bond acceptors (Lipinski definition) is 4. The van der Waals surface area contributed by atoms with Crippen LogP contribution in [0.2, 0.25) is 0 Å². The van der Waals surface area contributed by atoms with Crippen LogP contribution in [0.1, 0.15) is 48.2 Å². The molecule has 0 aliphatic carbocycles. The fourth-order valence-electron chi connectivity index (χ4n) is 2.92. The second kappa shape index (κ2) is 7.90. The molecule has 0 atom stereocenters. The molecule has 1 N–H and O–H groups in total. The molecule has 2 aromatic rings. The lowest BCUT2D eigenvalue weighted by molar-refractivity contribution is 0.0742. The van der Waals surface area contributed by atoms with Gasteiger partial charge in [-0.25, -0.2) is 4.98 Å². The van der Waals surface area contributed by atoms with Gasteiger partial charge in [-0.2, -0.15) is 0 Å². The first kappa shape index (κ1) is 16.4. The third kappa shape index (κ3) is 4.31. The van der Waals surface area contributed by atoms with Gasteiger partial charge in [-0.1, -0.05) is 19.3 Å². The van der Waals surface area contributed by atoms with Crippen LogP contribution >= 0.6 is 0 Å². The number of aryl methyl sites for hydroxylation is 1. The molecular weight excluding hydrogens is 300 g/mol. The summed E-state index contributed by atoms with van der Waals surface area (Å²) in [6.45, 7) is 3.66. The molecule has 0 spiro atoms. The number of amides is 1. The maximum atomic E-state index is 12.6. The average Bonchev–Trinajstić information content (AvgIpc) is 2.57. The molecule has 0 radical (unpaired) electrons. The number of likely N-dealkylation sites (tertiary alicyclic amines) is 1. The molecule has 0 bridgehead atoms. The molecule has 2 aromatic heterocycles. The predicted octanol–water partition coefficient (Wildman–Crippen LogP) is 3.93. The van der Waals surface area contributed by atoms with Gasteiger partial charge in [0, 0.05) is 25.0 Å². The lowest BCUT2D eigenvalue weighted by Crippen LogP contribution is -2.33. The van der Waals surface area contributed by atoms with E-state index >= 15 is 0 Å². The minimum atomic E-state index is 0.0907. The highest BCUT2D eigenvalue weighted by molar-refractivity contribution is 5.94. The molecule has 5 nitrogen and oxygen atoms in total. The van der Waals surface area contributed by atoms with E-state index < -0.39 is 0 Å². The van der Waals surface area contributed by atoms with Gasteiger partial charge in [0.2, 0.25) is 0 Å². The van der Waals surface area contributed by atoms with Crippen molar-refractivity contribution in [3.8, 4) is 0 Å². The number of nitrogens with one attached hydrogen (secondary N) is 1. The summed E-state index contributed by atoms with van der Waals surface area (Å²) in [5, 5.41) is 3.20. The number of carbonyl (C=O) groups excluding carboxylic acids is 1. The van der Waals surface area contributed by atoms with Gasteiger partial charge in [0.1, 0.15) is 5.82 Å². The van der Waals surface area contributed by atoms with Crippen molar-refractivity contribution in [1.29, 1.82) is 0 Å². The second-order valence-electron chi connectivity index (χ2n) is 6.31. The Morgan fingerprint density at radius 1 is 0.958 bits per heavy atom. The number of anilines is 2. The smallest absolute Gasteiger partial charge is 0.255 e. The first-order valence-electron chi connectivity index (χ1n) is 8.67. The molecule has 1 aliphatic rings. The van der Waals surface area contributed by atoms with E-state index in [1.807, 2.05) is 36.1 Å². The Hall–Kier alpha value is -2.43. The fourth-order valence-corrected chi connectivity index (χ4v) is 2.92. The summed E-state index contributed by atoms with van der Waals surface area (Å²) in [7, 11) is 0. The van der Waals surface area contributed by atoms with Crippen LogP contribution in [0.15, 0.2) is 36.7 Å². The molecule has 0 aromatic carbocycles. The van der Waals surface area contributed by atoms with E-state index in [4.69, 9.17) is 0 Å². The van der Waals surface area contributed by atoms with Gasteiger partial charge < -0.3 is 10.2 Å². The number of carbonyl (C=O) groups is 1. The third-order valence-electron chi connectivity index (χ3n) is 4.34. The molecule has 1 aliphatic heterocycles. The Morgan fingerprint density at radius 2 is 1.71 bits per heavy atom. The lowest BCUT2D eigenvalue weighted by atomic mass is 10.1. The highest BCUT2D eigenvalue weighted by atomic mass is 16.2. The fraction of sp³-hybridized carbons (Fsp3) is 0.421. The van der Waals surface area contributed by atoms with Crippen molar-refractivity contribution < 1.29 is 4.79 Å². The van der Waals surface area contributed by atoms with Crippen molar-refractivity contribution in [2.75, 3.05) is 18.4 Å². The Kier molecular flexibility index (Phi) is 5.41. The molecule has 1 saturated heterocycles. The van der Waals surface area contributed by atoms with Crippen LogP contribution in [0.3, 0.4) is 0 Å². The molecule has 1 amide bonds. The molecular formula is C19H24N4O. The summed E-state index contributed by atoms with van der Waals surface area (Å²) >= 11 is 0. The number of rotatable bonds is 3. The van der Waals surface area contributed by atoms with Crippen LogP contribution < -0.4 is 5.32 Å². The van der Waals surface area contributed by atoms with Gasteiger partial charge in [-0.05, 0) is 44.0 Å². The Bertz CT molecular complexity index is 659. The number of hydrogen-bond donors (Lipinski definition) is 1. The van der Waals surface area contributed by atoms with Crippen LogP contribution in [-0.4, -0.2) is 33.9 Å². The van der Waals surface area contributed by atoms with E-state index in [2.05, 4.69) is 15.3 Å². The maximum absolute atomic E-state index is 12.6. The van der Waals surface area contributed by atoms with Crippen LogP contribution in [0.25, 0.3) is 0 Å². The SMILES string of the molecule is Cc1ccc(Nc2ccc(C(=O)N3CCCCCCC3)cn2)cn1. The van der Waals surface area contributed by atoms with Crippen molar-refractivity contribution in [2.24, 2.45) is 0 Å². The topological polar surface area (TPSA) is 58.1 Å². The van der Waals surface area contributed by atoms with Crippen molar-refractivity contribution in [1.82, 2.24) is 14.9 Å². The quantitative estimate of drug-likeness (QED) is 0.929. The van der Waals surface area contributed by atoms with Crippen molar-refractivity contribution in [2.45, 2.75) is 39.0 Å². The first-order chi connectivity index (χ1) is 11.7. The number of pyridine rings is 2. The number of nitrogens with zero attached hydrogens (tertiary/aromatic N) is 3. The first-order valence-corrected chi connectivity index (χ1v) is 8.67.